The lowest BCUT2D eigenvalue weighted by Crippen LogP contribution is -2.28. The number of fused-ring (bicyclic) bond motifs is 1. The number of benzene rings is 2. The second-order valence-electron chi connectivity index (χ2n) is 7.45. The zero-order valence-corrected chi connectivity index (χ0v) is 17.9. The number of anilines is 3. The maximum absolute atomic E-state index is 14.0. The molecule has 0 saturated carbocycles. The smallest absolute Gasteiger partial charge is 0.266 e. The molecule has 35 heavy (non-hydrogen) atoms. The van der Waals surface area contributed by atoms with E-state index in [1.807, 2.05) is 6.07 Å². The SMILES string of the molecule is CC(Nc1nc(N)nc(N)c1C#N)c1nc2c(C(F)F)cccc2c(=O)n1-c1cc(F)cc(F)c1. The number of nitriles is 1. The van der Waals surface area contributed by atoms with Gasteiger partial charge in [-0.15, -0.1) is 0 Å². The number of nitrogens with two attached hydrogens (primary N) is 2. The van der Waals surface area contributed by atoms with Gasteiger partial charge >= 0.3 is 0 Å². The van der Waals surface area contributed by atoms with Crippen LogP contribution in [-0.2, 0) is 0 Å². The second-order valence-corrected chi connectivity index (χ2v) is 7.45. The van der Waals surface area contributed by atoms with Gasteiger partial charge in [-0.3, -0.25) is 9.36 Å². The molecule has 0 aliphatic heterocycles. The van der Waals surface area contributed by atoms with Crippen LogP contribution in [0.15, 0.2) is 41.2 Å². The fourth-order valence-electron chi connectivity index (χ4n) is 3.61. The number of hydrogen-bond donors (Lipinski definition) is 3. The molecule has 5 N–H and O–H groups in total. The summed E-state index contributed by atoms with van der Waals surface area (Å²) in [6.45, 7) is 1.47. The lowest BCUT2D eigenvalue weighted by atomic mass is 10.1. The van der Waals surface area contributed by atoms with Crippen LogP contribution in [0.4, 0.5) is 35.1 Å². The first-order valence-corrected chi connectivity index (χ1v) is 10.0. The predicted octanol–water partition coefficient (Wildman–Crippen LogP) is 3.60. The van der Waals surface area contributed by atoms with Crippen molar-refractivity contribution in [1.82, 2.24) is 19.5 Å². The van der Waals surface area contributed by atoms with Crippen molar-refractivity contribution in [2.45, 2.75) is 19.4 Å². The van der Waals surface area contributed by atoms with Gasteiger partial charge in [-0.2, -0.15) is 15.2 Å². The van der Waals surface area contributed by atoms with Gasteiger partial charge in [0.2, 0.25) is 5.95 Å². The van der Waals surface area contributed by atoms with Crippen molar-refractivity contribution in [1.29, 1.82) is 5.26 Å². The Morgan fingerprint density at radius 2 is 1.77 bits per heavy atom. The highest BCUT2D eigenvalue weighted by atomic mass is 19.3. The van der Waals surface area contributed by atoms with Gasteiger partial charge in [-0.1, -0.05) is 12.1 Å². The molecule has 4 rings (SSSR count). The molecule has 0 spiro atoms. The number of nitrogens with one attached hydrogen (secondary N) is 1. The van der Waals surface area contributed by atoms with Gasteiger partial charge in [-0.05, 0) is 25.1 Å². The maximum Gasteiger partial charge on any atom is 0.266 e. The van der Waals surface area contributed by atoms with Crippen LogP contribution in [0, 0.1) is 23.0 Å². The van der Waals surface area contributed by atoms with E-state index in [1.54, 1.807) is 0 Å². The molecule has 2 heterocycles. The summed E-state index contributed by atoms with van der Waals surface area (Å²) in [6, 6.07) is 6.86. The van der Waals surface area contributed by atoms with Crippen molar-refractivity contribution in [3.63, 3.8) is 0 Å². The molecule has 178 valence electrons. The van der Waals surface area contributed by atoms with E-state index in [0.29, 0.717) is 6.07 Å². The molecular weight excluding hydrogens is 468 g/mol. The first-order chi connectivity index (χ1) is 16.6. The summed E-state index contributed by atoms with van der Waals surface area (Å²) in [5.41, 5.74) is 9.32. The van der Waals surface area contributed by atoms with E-state index in [2.05, 4.69) is 20.3 Å². The molecule has 0 bridgehead atoms. The highest BCUT2D eigenvalue weighted by molar-refractivity contribution is 5.82. The van der Waals surface area contributed by atoms with Crippen LogP contribution in [0.5, 0.6) is 0 Å². The molecule has 0 saturated heterocycles. The van der Waals surface area contributed by atoms with Crippen molar-refractivity contribution >= 4 is 28.5 Å². The minimum Gasteiger partial charge on any atom is -0.382 e. The van der Waals surface area contributed by atoms with E-state index in [1.165, 1.54) is 19.1 Å². The Morgan fingerprint density at radius 1 is 1.09 bits per heavy atom. The van der Waals surface area contributed by atoms with Crippen LogP contribution in [-0.4, -0.2) is 19.5 Å². The molecule has 2 aromatic heterocycles. The van der Waals surface area contributed by atoms with Crippen molar-refractivity contribution in [2.75, 3.05) is 16.8 Å². The number of nitrogen functional groups attached to an aromatic ring is 2. The quantitative estimate of drug-likeness (QED) is 0.364. The van der Waals surface area contributed by atoms with E-state index in [0.717, 1.165) is 22.8 Å². The number of rotatable bonds is 5. The third-order valence-corrected chi connectivity index (χ3v) is 5.10. The van der Waals surface area contributed by atoms with Gasteiger partial charge in [-0.25, -0.2) is 22.5 Å². The monoisotopic (exact) mass is 484 g/mol. The Balaban J connectivity index is 2.01. The first-order valence-electron chi connectivity index (χ1n) is 10.0. The summed E-state index contributed by atoms with van der Waals surface area (Å²) in [5.74, 6) is -2.72. The van der Waals surface area contributed by atoms with E-state index >= 15 is 0 Å². The highest BCUT2D eigenvalue weighted by Crippen LogP contribution is 2.29. The van der Waals surface area contributed by atoms with Crippen LogP contribution < -0.4 is 22.3 Å². The number of aromatic nitrogens is 4. The van der Waals surface area contributed by atoms with Crippen molar-refractivity contribution in [2.24, 2.45) is 0 Å². The summed E-state index contributed by atoms with van der Waals surface area (Å²) >= 11 is 0. The van der Waals surface area contributed by atoms with Crippen LogP contribution in [0.2, 0.25) is 0 Å². The summed E-state index contributed by atoms with van der Waals surface area (Å²) in [7, 11) is 0. The molecule has 1 unspecified atom stereocenters. The van der Waals surface area contributed by atoms with Crippen LogP contribution in [0.3, 0.4) is 0 Å². The summed E-state index contributed by atoms with van der Waals surface area (Å²) in [6.07, 6.45) is -2.95. The van der Waals surface area contributed by atoms with E-state index < -0.39 is 35.2 Å². The second kappa shape index (κ2) is 8.90. The Morgan fingerprint density at radius 3 is 2.40 bits per heavy atom. The normalized spacial score (nSPS) is 12.0. The maximum atomic E-state index is 14.0. The molecule has 0 aliphatic carbocycles. The fraction of sp³-hybridized carbons (Fsp3) is 0.136. The predicted molar refractivity (Wildman–Crippen MR) is 120 cm³/mol. The van der Waals surface area contributed by atoms with Crippen LogP contribution in [0.1, 0.15) is 36.3 Å². The minimum absolute atomic E-state index is 0.113. The first kappa shape index (κ1) is 23.4. The third kappa shape index (κ3) is 4.29. The standard InChI is InChI=1S/C22H16F4N8O/c1-9(30-19-15(8-27)18(28)32-22(29)33-19)20-31-16-13(17(25)26)3-2-4-14(16)21(35)34(20)12-6-10(23)5-11(24)7-12/h2-7,9,17H,1H3,(H5,28,29,30,32,33). The van der Waals surface area contributed by atoms with Crippen LogP contribution in [0.25, 0.3) is 16.6 Å². The Kier molecular flexibility index (Phi) is 5.96. The molecule has 13 heteroatoms. The van der Waals surface area contributed by atoms with Gasteiger partial charge in [0, 0.05) is 11.6 Å². The number of nitrogens with zero attached hydrogens (tertiary/aromatic N) is 5. The lowest BCUT2D eigenvalue weighted by Gasteiger charge is -2.21. The molecule has 0 amide bonds. The summed E-state index contributed by atoms with van der Waals surface area (Å²) < 4.78 is 56.3. The van der Waals surface area contributed by atoms with E-state index in [-0.39, 0.29) is 45.6 Å². The Labute approximate surface area is 194 Å². The molecule has 4 aromatic rings. The number of alkyl halides is 2. The molecular formula is C22H16F4N8O. The molecule has 2 aromatic carbocycles. The van der Waals surface area contributed by atoms with E-state index in [4.69, 9.17) is 11.5 Å². The van der Waals surface area contributed by atoms with Gasteiger partial charge in [0.15, 0.2) is 5.82 Å². The zero-order chi connectivity index (χ0) is 25.4. The summed E-state index contributed by atoms with van der Waals surface area (Å²) in [4.78, 5) is 25.3. The van der Waals surface area contributed by atoms with Gasteiger partial charge < -0.3 is 16.8 Å². The van der Waals surface area contributed by atoms with Crippen molar-refractivity contribution in [3.05, 3.63) is 75.3 Å². The largest absolute Gasteiger partial charge is 0.382 e. The highest BCUT2D eigenvalue weighted by Gasteiger charge is 2.24. The number of para-hydroxylation sites is 1. The Hall–Kier alpha value is -4.73. The lowest BCUT2D eigenvalue weighted by molar-refractivity contribution is 0.153. The fourth-order valence-corrected chi connectivity index (χ4v) is 3.61. The molecule has 0 aliphatic rings. The van der Waals surface area contributed by atoms with E-state index in [9.17, 15) is 27.6 Å². The average molecular weight is 484 g/mol. The van der Waals surface area contributed by atoms with Gasteiger partial charge in [0.1, 0.15) is 34.9 Å². The van der Waals surface area contributed by atoms with Crippen LogP contribution >= 0.6 is 0 Å². The third-order valence-electron chi connectivity index (χ3n) is 5.10. The van der Waals surface area contributed by atoms with Gasteiger partial charge in [0.05, 0.1) is 22.6 Å². The molecule has 9 nitrogen and oxygen atoms in total. The zero-order valence-electron chi connectivity index (χ0n) is 17.9. The Bertz CT molecular complexity index is 1540. The average Bonchev–Trinajstić information content (AvgIpc) is 2.77. The van der Waals surface area contributed by atoms with Crippen molar-refractivity contribution in [3.8, 4) is 11.8 Å². The molecule has 0 radical (unpaired) electrons. The molecule has 0 fully saturated rings. The minimum atomic E-state index is -2.95. The molecule has 1 atom stereocenters. The van der Waals surface area contributed by atoms with Gasteiger partial charge in [0.25, 0.3) is 12.0 Å². The van der Waals surface area contributed by atoms with Crippen molar-refractivity contribution < 1.29 is 17.6 Å². The summed E-state index contributed by atoms with van der Waals surface area (Å²) in [5, 5.41) is 12.0. The number of hydrogen-bond acceptors (Lipinski definition) is 8. The topological polar surface area (TPSA) is 149 Å². The number of halogens is 4.